The Hall–Kier alpha value is -3.12. The average Bonchev–Trinajstić information content (AvgIpc) is 2.76. The molecule has 1 heterocycles. The monoisotopic (exact) mass is 421 g/mol. The predicted octanol–water partition coefficient (Wildman–Crippen LogP) is 3.11. The van der Waals surface area contributed by atoms with Crippen LogP contribution in [0.4, 0.5) is 0 Å². The lowest BCUT2D eigenvalue weighted by Gasteiger charge is -2.30. The van der Waals surface area contributed by atoms with Crippen molar-refractivity contribution in [2.75, 3.05) is 19.7 Å². The SMILES string of the molecule is CC1CCCN(Cc2ccc(CNC(=O)C=Cc3ccc(OCC(N)=O)cc3)cc2)C1. The van der Waals surface area contributed by atoms with Gasteiger partial charge < -0.3 is 15.8 Å². The van der Waals surface area contributed by atoms with Crippen LogP contribution in [-0.4, -0.2) is 36.4 Å². The molecule has 1 atom stereocenters. The molecule has 0 aromatic heterocycles. The lowest BCUT2D eigenvalue weighted by Crippen LogP contribution is -2.33. The number of likely N-dealkylation sites (tertiary alicyclic amines) is 1. The number of nitrogens with one attached hydrogen (secondary N) is 1. The van der Waals surface area contributed by atoms with Crippen LogP contribution in [0.5, 0.6) is 5.75 Å². The van der Waals surface area contributed by atoms with Crippen LogP contribution in [0.2, 0.25) is 0 Å². The molecule has 1 fully saturated rings. The maximum Gasteiger partial charge on any atom is 0.255 e. The second-order valence-corrected chi connectivity index (χ2v) is 8.17. The van der Waals surface area contributed by atoms with Crippen LogP contribution in [0.1, 0.15) is 36.5 Å². The minimum atomic E-state index is -0.521. The lowest BCUT2D eigenvalue weighted by molar-refractivity contribution is -0.120. The van der Waals surface area contributed by atoms with Crippen molar-refractivity contribution in [1.29, 1.82) is 0 Å². The van der Waals surface area contributed by atoms with Crippen LogP contribution in [0.25, 0.3) is 6.08 Å². The third kappa shape index (κ3) is 7.90. The molecule has 1 unspecified atom stereocenters. The van der Waals surface area contributed by atoms with Crippen molar-refractivity contribution in [3.05, 3.63) is 71.3 Å². The highest BCUT2D eigenvalue weighted by molar-refractivity contribution is 5.91. The average molecular weight is 422 g/mol. The first-order valence-corrected chi connectivity index (χ1v) is 10.7. The summed E-state index contributed by atoms with van der Waals surface area (Å²) >= 11 is 0. The summed E-state index contributed by atoms with van der Waals surface area (Å²) in [4.78, 5) is 25.4. The smallest absolute Gasteiger partial charge is 0.255 e. The molecule has 2 amide bonds. The van der Waals surface area contributed by atoms with Gasteiger partial charge in [-0.25, -0.2) is 0 Å². The first-order valence-electron chi connectivity index (χ1n) is 10.7. The van der Waals surface area contributed by atoms with E-state index < -0.39 is 5.91 Å². The summed E-state index contributed by atoms with van der Waals surface area (Å²) in [7, 11) is 0. The molecule has 1 saturated heterocycles. The summed E-state index contributed by atoms with van der Waals surface area (Å²) in [5.41, 5.74) is 8.30. The standard InChI is InChI=1S/C25H31N3O3/c1-19-3-2-14-28(16-19)17-22-6-4-21(5-7-22)15-27-25(30)13-10-20-8-11-23(12-9-20)31-18-24(26)29/h4-13,19H,2-3,14-18H2,1H3,(H2,26,29)(H,27,30). The number of benzene rings is 2. The predicted molar refractivity (Wildman–Crippen MR) is 122 cm³/mol. The molecule has 164 valence electrons. The number of amides is 2. The topological polar surface area (TPSA) is 84.7 Å². The molecule has 2 aromatic carbocycles. The second kappa shape index (κ2) is 11.3. The van der Waals surface area contributed by atoms with Crippen LogP contribution < -0.4 is 15.8 Å². The number of hydrogen-bond acceptors (Lipinski definition) is 4. The van der Waals surface area contributed by atoms with Crippen molar-refractivity contribution in [1.82, 2.24) is 10.2 Å². The van der Waals surface area contributed by atoms with E-state index in [1.807, 2.05) is 12.1 Å². The third-order valence-corrected chi connectivity index (χ3v) is 5.33. The number of carbonyl (C=O) groups is 2. The number of nitrogens with zero attached hydrogens (tertiary/aromatic N) is 1. The Morgan fingerprint density at radius 3 is 2.52 bits per heavy atom. The maximum atomic E-state index is 12.1. The van der Waals surface area contributed by atoms with Gasteiger partial charge in [-0.15, -0.1) is 0 Å². The van der Waals surface area contributed by atoms with Gasteiger partial charge in [0.1, 0.15) is 5.75 Å². The number of carbonyl (C=O) groups excluding carboxylic acids is 2. The highest BCUT2D eigenvalue weighted by Gasteiger charge is 2.16. The molecule has 0 saturated carbocycles. The Labute approximate surface area is 184 Å². The molecule has 3 rings (SSSR count). The van der Waals surface area contributed by atoms with Crippen molar-refractivity contribution in [3.8, 4) is 5.75 Å². The van der Waals surface area contributed by atoms with Gasteiger partial charge in [-0.2, -0.15) is 0 Å². The number of primary amides is 1. The summed E-state index contributed by atoms with van der Waals surface area (Å²) in [6.45, 7) is 6.00. The minimum absolute atomic E-state index is 0.152. The molecule has 6 nitrogen and oxygen atoms in total. The molecule has 0 bridgehead atoms. The summed E-state index contributed by atoms with van der Waals surface area (Å²) in [5, 5.41) is 2.91. The van der Waals surface area contributed by atoms with E-state index in [0.29, 0.717) is 12.3 Å². The second-order valence-electron chi connectivity index (χ2n) is 8.17. The lowest BCUT2D eigenvalue weighted by atomic mass is 9.99. The number of piperidine rings is 1. The Balaban J connectivity index is 1.42. The number of nitrogens with two attached hydrogens (primary N) is 1. The Bertz CT molecular complexity index is 891. The molecule has 1 aliphatic heterocycles. The summed E-state index contributed by atoms with van der Waals surface area (Å²) in [5.74, 6) is 0.662. The van der Waals surface area contributed by atoms with E-state index >= 15 is 0 Å². The molecule has 31 heavy (non-hydrogen) atoms. The van der Waals surface area contributed by atoms with E-state index in [4.69, 9.17) is 10.5 Å². The summed E-state index contributed by atoms with van der Waals surface area (Å²) in [6, 6.07) is 15.5. The van der Waals surface area contributed by atoms with Gasteiger partial charge in [0.15, 0.2) is 6.61 Å². The summed E-state index contributed by atoms with van der Waals surface area (Å²) < 4.78 is 5.21. The van der Waals surface area contributed by atoms with Gasteiger partial charge in [0.05, 0.1) is 0 Å². The fourth-order valence-corrected chi connectivity index (χ4v) is 3.70. The molecular weight excluding hydrogens is 390 g/mol. The van der Waals surface area contributed by atoms with Crippen LogP contribution in [-0.2, 0) is 22.7 Å². The zero-order chi connectivity index (χ0) is 22.1. The minimum Gasteiger partial charge on any atom is -0.484 e. The van der Waals surface area contributed by atoms with Crippen molar-refractivity contribution in [2.45, 2.75) is 32.9 Å². The fourth-order valence-electron chi connectivity index (χ4n) is 3.70. The van der Waals surface area contributed by atoms with E-state index in [1.165, 1.54) is 37.6 Å². The van der Waals surface area contributed by atoms with E-state index in [2.05, 4.69) is 41.4 Å². The maximum absolute atomic E-state index is 12.1. The molecule has 6 heteroatoms. The summed E-state index contributed by atoms with van der Waals surface area (Å²) in [6.07, 6.45) is 5.85. The zero-order valence-corrected chi connectivity index (χ0v) is 18.0. The van der Waals surface area contributed by atoms with E-state index in [-0.39, 0.29) is 12.5 Å². The molecule has 2 aromatic rings. The number of hydrogen-bond donors (Lipinski definition) is 2. The van der Waals surface area contributed by atoms with E-state index in [1.54, 1.807) is 18.2 Å². The van der Waals surface area contributed by atoms with Crippen LogP contribution in [0.15, 0.2) is 54.6 Å². The van der Waals surface area contributed by atoms with Crippen LogP contribution in [0, 0.1) is 5.92 Å². The van der Waals surface area contributed by atoms with Gasteiger partial charge >= 0.3 is 0 Å². The molecule has 0 radical (unpaired) electrons. The molecule has 3 N–H and O–H groups in total. The number of rotatable bonds is 9. The van der Waals surface area contributed by atoms with Gasteiger partial charge in [0, 0.05) is 25.7 Å². The molecular formula is C25H31N3O3. The van der Waals surface area contributed by atoms with Gasteiger partial charge in [0.25, 0.3) is 5.91 Å². The highest BCUT2D eigenvalue weighted by Crippen LogP contribution is 2.18. The quantitative estimate of drug-likeness (QED) is 0.610. The molecule has 0 aliphatic carbocycles. The Kier molecular flexibility index (Phi) is 8.24. The Morgan fingerprint density at radius 1 is 1.13 bits per heavy atom. The fraction of sp³-hybridized carbons (Fsp3) is 0.360. The van der Waals surface area contributed by atoms with Gasteiger partial charge in [-0.1, -0.05) is 43.3 Å². The largest absolute Gasteiger partial charge is 0.484 e. The van der Waals surface area contributed by atoms with Crippen molar-refractivity contribution >= 4 is 17.9 Å². The normalized spacial score (nSPS) is 16.9. The Morgan fingerprint density at radius 2 is 1.84 bits per heavy atom. The zero-order valence-electron chi connectivity index (χ0n) is 18.0. The van der Waals surface area contributed by atoms with Crippen LogP contribution >= 0.6 is 0 Å². The first kappa shape index (κ1) is 22.6. The van der Waals surface area contributed by atoms with Crippen molar-refractivity contribution in [3.63, 3.8) is 0 Å². The highest BCUT2D eigenvalue weighted by atomic mass is 16.5. The van der Waals surface area contributed by atoms with E-state index in [9.17, 15) is 9.59 Å². The molecule has 1 aliphatic rings. The number of ether oxygens (including phenoxy) is 1. The third-order valence-electron chi connectivity index (χ3n) is 5.33. The van der Waals surface area contributed by atoms with E-state index in [0.717, 1.165) is 23.6 Å². The van der Waals surface area contributed by atoms with Gasteiger partial charge in [0.2, 0.25) is 5.91 Å². The van der Waals surface area contributed by atoms with Crippen molar-refractivity contribution in [2.24, 2.45) is 11.7 Å². The van der Waals surface area contributed by atoms with Crippen molar-refractivity contribution < 1.29 is 14.3 Å². The molecule has 0 spiro atoms. The van der Waals surface area contributed by atoms with Crippen LogP contribution in [0.3, 0.4) is 0 Å². The first-order chi connectivity index (χ1) is 15.0. The van der Waals surface area contributed by atoms with Gasteiger partial charge in [-0.05, 0) is 60.2 Å². The van der Waals surface area contributed by atoms with Gasteiger partial charge in [-0.3, -0.25) is 14.5 Å².